The summed E-state index contributed by atoms with van der Waals surface area (Å²) in [7, 11) is -3.53. The lowest BCUT2D eigenvalue weighted by atomic mass is 10.0. The van der Waals surface area contributed by atoms with Crippen molar-refractivity contribution in [3.63, 3.8) is 0 Å². The van der Waals surface area contributed by atoms with Crippen LogP contribution in [-0.4, -0.2) is 31.3 Å². The van der Waals surface area contributed by atoms with Gasteiger partial charge in [-0.15, -0.1) is 0 Å². The van der Waals surface area contributed by atoms with Gasteiger partial charge in [-0.3, -0.25) is 4.79 Å². The third kappa shape index (κ3) is 6.35. The number of carbonyl (C=O) groups is 1. The topological polar surface area (TPSA) is 83.5 Å². The first-order valence-electron chi connectivity index (χ1n) is 6.46. The van der Waals surface area contributed by atoms with Crippen molar-refractivity contribution in [1.29, 1.82) is 0 Å². The molecule has 2 N–H and O–H groups in total. The Hall–Kier alpha value is -0.620. The minimum atomic E-state index is -3.53. The van der Waals surface area contributed by atoms with Gasteiger partial charge in [-0.2, -0.15) is 0 Å². The molecule has 0 aliphatic heterocycles. The first-order valence-corrected chi connectivity index (χ1v) is 8.11. The zero-order valence-electron chi connectivity index (χ0n) is 11.6. The van der Waals surface area contributed by atoms with Crippen LogP contribution < -0.4 is 4.72 Å². The molecule has 5 nitrogen and oxygen atoms in total. The van der Waals surface area contributed by atoms with Gasteiger partial charge in [0.05, 0.1) is 5.75 Å². The normalized spacial score (nSPS) is 17.1. The van der Waals surface area contributed by atoms with Crippen LogP contribution in [0.2, 0.25) is 0 Å². The van der Waals surface area contributed by atoms with Crippen molar-refractivity contribution in [3.05, 3.63) is 0 Å². The predicted molar refractivity (Wildman–Crippen MR) is 71.9 cm³/mol. The Bertz CT molecular complexity index is 353. The lowest BCUT2D eigenvalue weighted by Crippen LogP contribution is -2.46. The number of sulfonamides is 1. The summed E-state index contributed by atoms with van der Waals surface area (Å²) in [6.07, 6.45) is 2.36. The summed E-state index contributed by atoms with van der Waals surface area (Å²) in [5.74, 6) is -1.31. The second-order valence-electron chi connectivity index (χ2n) is 4.99. The maximum atomic E-state index is 11.9. The van der Waals surface area contributed by atoms with Gasteiger partial charge >= 0.3 is 5.97 Å². The molecule has 3 atom stereocenters. The Morgan fingerprint density at radius 3 is 2.22 bits per heavy atom. The quantitative estimate of drug-likeness (QED) is 0.674. The minimum absolute atomic E-state index is 0.0128. The highest BCUT2D eigenvalue weighted by molar-refractivity contribution is 7.89. The molecule has 0 saturated heterocycles. The molecule has 0 fully saturated rings. The molecule has 18 heavy (non-hydrogen) atoms. The van der Waals surface area contributed by atoms with Gasteiger partial charge < -0.3 is 5.11 Å². The monoisotopic (exact) mass is 279 g/mol. The van der Waals surface area contributed by atoms with Crippen LogP contribution in [-0.2, 0) is 14.8 Å². The molecule has 1 unspecified atom stereocenters. The third-order valence-electron chi connectivity index (χ3n) is 3.07. The van der Waals surface area contributed by atoms with Crippen LogP contribution in [0.4, 0.5) is 0 Å². The Morgan fingerprint density at radius 1 is 1.28 bits per heavy atom. The zero-order valence-corrected chi connectivity index (χ0v) is 12.5. The average molecular weight is 279 g/mol. The Morgan fingerprint density at radius 2 is 1.83 bits per heavy atom. The van der Waals surface area contributed by atoms with Crippen molar-refractivity contribution in [2.45, 2.75) is 53.0 Å². The largest absolute Gasteiger partial charge is 0.480 e. The fraction of sp³-hybridized carbons (Fsp3) is 0.917. The molecule has 0 rings (SSSR count). The number of rotatable bonds is 9. The molecule has 0 aromatic rings. The van der Waals surface area contributed by atoms with Crippen molar-refractivity contribution in [3.8, 4) is 0 Å². The van der Waals surface area contributed by atoms with Crippen molar-refractivity contribution in [1.82, 2.24) is 4.72 Å². The molecular weight excluding hydrogens is 254 g/mol. The molecule has 0 radical (unpaired) electrons. The fourth-order valence-electron chi connectivity index (χ4n) is 1.84. The van der Waals surface area contributed by atoms with E-state index in [2.05, 4.69) is 4.72 Å². The molecule has 0 aromatic heterocycles. The second kappa shape index (κ2) is 7.74. The van der Waals surface area contributed by atoms with E-state index in [0.29, 0.717) is 6.42 Å². The molecule has 0 bridgehead atoms. The first-order chi connectivity index (χ1) is 8.23. The number of carboxylic acid groups (broad SMARTS) is 1. The summed E-state index contributed by atoms with van der Waals surface area (Å²) in [5, 5.41) is 9.05. The van der Waals surface area contributed by atoms with Crippen LogP contribution in [0.5, 0.6) is 0 Å². The number of carboxylic acids is 1. The van der Waals surface area contributed by atoms with E-state index in [1.165, 1.54) is 0 Å². The van der Waals surface area contributed by atoms with E-state index < -0.39 is 22.0 Å². The summed E-state index contributed by atoms with van der Waals surface area (Å²) in [5.41, 5.74) is 0. The van der Waals surface area contributed by atoms with E-state index in [-0.39, 0.29) is 17.6 Å². The molecule has 0 aromatic carbocycles. The van der Waals surface area contributed by atoms with Gasteiger partial charge in [0.2, 0.25) is 10.0 Å². The van der Waals surface area contributed by atoms with E-state index in [9.17, 15) is 13.2 Å². The minimum Gasteiger partial charge on any atom is -0.480 e. The van der Waals surface area contributed by atoms with Gasteiger partial charge in [0.1, 0.15) is 6.04 Å². The van der Waals surface area contributed by atoms with E-state index in [1.807, 2.05) is 20.8 Å². The summed E-state index contributed by atoms with van der Waals surface area (Å²) >= 11 is 0. The number of hydrogen-bond acceptors (Lipinski definition) is 3. The molecule has 0 heterocycles. The second-order valence-corrected chi connectivity index (χ2v) is 6.79. The summed E-state index contributed by atoms with van der Waals surface area (Å²) in [6, 6.07) is -1.03. The molecule has 108 valence electrons. The van der Waals surface area contributed by atoms with Crippen molar-refractivity contribution in [2.75, 3.05) is 5.75 Å². The van der Waals surface area contributed by atoms with E-state index in [4.69, 9.17) is 5.11 Å². The molecular formula is C12H25NO4S. The fourth-order valence-corrected chi connectivity index (χ4v) is 3.57. The summed E-state index contributed by atoms with van der Waals surface area (Å²) < 4.78 is 26.1. The predicted octanol–water partition coefficient (Wildman–Crippen LogP) is 1.84. The average Bonchev–Trinajstić information content (AvgIpc) is 2.24. The van der Waals surface area contributed by atoms with Crippen molar-refractivity contribution < 1.29 is 18.3 Å². The third-order valence-corrected chi connectivity index (χ3v) is 4.69. The van der Waals surface area contributed by atoms with Gasteiger partial charge in [0.15, 0.2) is 0 Å². The summed E-state index contributed by atoms with van der Waals surface area (Å²) in [4.78, 5) is 11.1. The lowest BCUT2D eigenvalue weighted by molar-refractivity contribution is -0.140. The van der Waals surface area contributed by atoms with Crippen LogP contribution in [0.25, 0.3) is 0 Å². The van der Waals surface area contributed by atoms with Crippen LogP contribution >= 0.6 is 0 Å². The smallest absolute Gasteiger partial charge is 0.322 e. The molecule has 0 aliphatic rings. The van der Waals surface area contributed by atoms with Crippen LogP contribution in [0, 0.1) is 11.8 Å². The number of aliphatic carboxylic acids is 1. The van der Waals surface area contributed by atoms with E-state index >= 15 is 0 Å². The SMILES string of the molecule is CCCC(C)CS(=O)(=O)N[C@H](C(=O)O)[C@@H](C)CC. The highest BCUT2D eigenvalue weighted by Gasteiger charge is 2.28. The lowest BCUT2D eigenvalue weighted by Gasteiger charge is -2.21. The van der Waals surface area contributed by atoms with Gasteiger partial charge in [-0.1, -0.05) is 40.5 Å². The zero-order chi connectivity index (χ0) is 14.3. The van der Waals surface area contributed by atoms with Crippen molar-refractivity contribution >= 4 is 16.0 Å². The van der Waals surface area contributed by atoms with Crippen LogP contribution in [0.1, 0.15) is 47.0 Å². The molecule has 6 heteroatoms. The van der Waals surface area contributed by atoms with E-state index in [0.717, 1.165) is 12.8 Å². The van der Waals surface area contributed by atoms with Crippen molar-refractivity contribution in [2.24, 2.45) is 11.8 Å². The van der Waals surface area contributed by atoms with Gasteiger partial charge in [-0.05, 0) is 18.3 Å². The standard InChI is InChI=1S/C12H25NO4S/c1-5-7-9(3)8-18(16,17)13-11(12(14)15)10(4)6-2/h9-11,13H,5-8H2,1-4H3,(H,14,15)/t9?,10-,11-/m0/s1. The van der Waals surface area contributed by atoms with Gasteiger partial charge in [-0.25, -0.2) is 13.1 Å². The highest BCUT2D eigenvalue weighted by atomic mass is 32.2. The maximum Gasteiger partial charge on any atom is 0.322 e. The Labute approximate surface area is 110 Å². The highest BCUT2D eigenvalue weighted by Crippen LogP contribution is 2.12. The molecule has 0 aliphatic carbocycles. The van der Waals surface area contributed by atoms with Crippen LogP contribution in [0.15, 0.2) is 0 Å². The molecule has 0 spiro atoms. The van der Waals surface area contributed by atoms with E-state index in [1.54, 1.807) is 6.92 Å². The first kappa shape index (κ1) is 17.4. The molecule has 0 saturated carbocycles. The Kier molecular flexibility index (Phi) is 7.47. The van der Waals surface area contributed by atoms with Crippen LogP contribution in [0.3, 0.4) is 0 Å². The number of nitrogens with one attached hydrogen (secondary N) is 1. The van der Waals surface area contributed by atoms with Gasteiger partial charge in [0, 0.05) is 0 Å². The maximum absolute atomic E-state index is 11.9. The summed E-state index contributed by atoms with van der Waals surface area (Å²) in [6.45, 7) is 7.43. The van der Waals surface area contributed by atoms with Gasteiger partial charge in [0.25, 0.3) is 0 Å². The molecule has 0 amide bonds. The Balaban J connectivity index is 4.66. The number of hydrogen-bond donors (Lipinski definition) is 2.